The van der Waals surface area contributed by atoms with Crippen LogP contribution in [0.1, 0.15) is 5.56 Å². The Kier molecular flexibility index (Phi) is 3.66. The van der Waals surface area contributed by atoms with Crippen molar-refractivity contribution in [3.63, 3.8) is 0 Å². The monoisotopic (exact) mass is 279 g/mol. The molecule has 0 bridgehead atoms. The first-order valence-corrected chi connectivity index (χ1v) is 7.42. The van der Waals surface area contributed by atoms with Gasteiger partial charge in [0.05, 0.1) is 12.8 Å². The third-order valence-corrected chi connectivity index (χ3v) is 2.98. The molecule has 2 rings (SSSR count). The number of hydrogen-bond acceptors (Lipinski definition) is 4. The van der Waals surface area contributed by atoms with Crippen LogP contribution in [0, 0.1) is 0 Å². The minimum Gasteiger partial charge on any atom is -0.284 e. The van der Waals surface area contributed by atoms with E-state index in [1.54, 1.807) is 36.5 Å². The molecule has 100 valence electrons. The molecule has 6 nitrogen and oxygen atoms in total. The predicted octanol–water partition coefficient (Wildman–Crippen LogP) is 0.663. The minimum absolute atomic E-state index is 0.180. The summed E-state index contributed by atoms with van der Waals surface area (Å²) in [6.45, 7) is 0.346. The van der Waals surface area contributed by atoms with Gasteiger partial charge in [-0.1, -0.05) is 12.1 Å². The average molecular weight is 279 g/mol. The number of nitrogens with zero attached hydrogens (tertiary/aromatic N) is 2. The van der Waals surface area contributed by atoms with E-state index < -0.39 is 10.0 Å². The van der Waals surface area contributed by atoms with Gasteiger partial charge in [-0.05, 0) is 23.8 Å². The van der Waals surface area contributed by atoms with Crippen LogP contribution in [0.25, 0.3) is 0 Å². The molecule has 7 heteroatoms. The molecule has 0 aliphatic heterocycles. The molecular formula is C12H13N3O3S. The molecule has 1 aromatic heterocycles. The van der Waals surface area contributed by atoms with E-state index in [1.807, 2.05) is 0 Å². The maximum atomic E-state index is 11.5. The molecule has 0 amide bonds. The van der Waals surface area contributed by atoms with Crippen LogP contribution in [-0.4, -0.2) is 24.5 Å². The Hall–Kier alpha value is -2.15. The standard InChI is InChI=1S/C12H13N3O3S/c1-19(17,18)14-11-6-4-10(5-7-11)9-15-12(16)3-2-8-13-15/h2-8,14H,9H2,1H3. The van der Waals surface area contributed by atoms with E-state index in [0.717, 1.165) is 11.8 Å². The molecular weight excluding hydrogens is 266 g/mol. The Labute approximate surface area is 110 Å². The molecule has 0 saturated heterocycles. The Morgan fingerprint density at radius 3 is 2.47 bits per heavy atom. The highest BCUT2D eigenvalue weighted by molar-refractivity contribution is 7.92. The zero-order chi connectivity index (χ0) is 13.9. The van der Waals surface area contributed by atoms with Gasteiger partial charge in [0.1, 0.15) is 0 Å². The van der Waals surface area contributed by atoms with Crippen LogP contribution in [0.3, 0.4) is 0 Å². The van der Waals surface area contributed by atoms with Crippen molar-refractivity contribution in [3.05, 3.63) is 58.5 Å². The molecule has 2 aromatic rings. The summed E-state index contributed by atoms with van der Waals surface area (Å²) >= 11 is 0. The largest absolute Gasteiger partial charge is 0.284 e. The lowest BCUT2D eigenvalue weighted by molar-refractivity contribution is 0.607. The molecule has 0 spiro atoms. The summed E-state index contributed by atoms with van der Waals surface area (Å²) in [5.41, 5.74) is 1.17. The Morgan fingerprint density at radius 2 is 1.89 bits per heavy atom. The molecule has 1 aromatic carbocycles. The normalized spacial score (nSPS) is 11.2. The van der Waals surface area contributed by atoms with E-state index in [-0.39, 0.29) is 5.56 Å². The van der Waals surface area contributed by atoms with E-state index in [4.69, 9.17) is 0 Å². The first-order valence-electron chi connectivity index (χ1n) is 5.53. The van der Waals surface area contributed by atoms with Crippen molar-refractivity contribution in [2.45, 2.75) is 6.54 Å². The summed E-state index contributed by atoms with van der Waals surface area (Å²) < 4.78 is 25.8. The summed E-state index contributed by atoms with van der Waals surface area (Å²) in [4.78, 5) is 11.5. The fourth-order valence-electron chi connectivity index (χ4n) is 1.57. The maximum Gasteiger partial charge on any atom is 0.267 e. The Bertz CT molecular complexity index is 720. The highest BCUT2D eigenvalue weighted by atomic mass is 32.2. The highest BCUT2D eigenvalue weighted by Crippen LogP contribution is 2.11. The Morgan fingerprint density at radius 1 is 1.21 bits per heavy atom. The van der Waals surface area contributed by atoms with Crippen LogP contribution in [0.15, 0.2) is 47.4 Å². The van der Waals surface area contributed by atoms with Crippen LogP contribution in [0.2, 0.25) is 0 Å². The lowest BCUT2D eigenvalue weighted by Gasteiger charge is -2.06. The Balaban J connectivity index is 2.16. The first kappa shape index (κ1) is 13.3. The second kappa shape index (κ2) is 5.23. The number of hydrogen-bond donors (Lipinski definition) is 1. The van der Waals surface area contributed by atoms with Crippen LogP contribution in [-0.2, 0) is 16.6 Å². The average Bonchev–Trinajstić information content (AvgIpc) is 2.33. The van der Waals surface area contributed by atoms with Crippen molar-refractivity contribution in [2.75, 3.05) is 11.0 Å². The quantitative estimate of drug-likeness (QED) is 0.891. The van der Waals surface area contributed by atoms with Gasteiger partial charge in [-0.2, -0.15) is 5.10 Å². The van der Waals surface area contributed by atoms with Crippen molar-refractivity contribution < 1.29 is 8.42 Å². The fraction of sp³-hybridized carbons (Fsp3) is 0.167. The van der Waals surface area contributed by atoms with E-state index in [1.165, 1.54) is 10.7 Å². The van der Waals surface area contributed by atoms with E-state index in [0.29, 0.717) is 12.2 Å². The van der Waals surface area contributed by atoms with Crippen molar-refractivity contribution in [2.24, 2.45) is 0 Å². The summed E-state index contributed by atoms with van der Waals surface area (Å²) in [6.07, 6.45) is 2.63. The number of aromatic nitrogens is 2. The maximum absolute atomic E-state index is 11.5. The third kappa shape index (κ3) is 3.92. The number of rotatable bonds is 4. The van der Waals surface area contributed by atoms with Crippen LogP contribution >= 0.6 is 0 Å². The van der Waals surface area contributed by atoms with Crippen LogP contribution in [0.4, 0.5) is 5.69 Å². The summed E-state index contributed by atoms with van der Waals surface area (Å²) in [7, 11) is -3.27. The second-order valence-electron chi connectivity index (χ2n) is 4.09. The van der Waals surface area contributed by atoms with E-state index in [2.05, 4.69) is 9.82 Å². The number of sulfonamides is 1. The van der Waals surface area contributed by atoms with E-state index in [9.17, 15) is 13.2 Å². The molecule has 0 fully saturated rings. The zero-order valence-corrected chi connectivity index (χ0v) is 11.1. The second-order valence-corrected chi connectivity index (χ2v) is 5.84. The van der Waals surface area contributed by atoms with Gasteiger partial charge in [0.15, 0.2) is 0 Å². The number of anilines is 1. The van der Waals surface area contributed by atoms with Crippen molar-refractivity contribution in [3.8, 4) is 0 Å². The number of benzene rings is 1. The predicted molar refractivity (Wildman–Crippen MR) is 72.5 cm³/mol. The molecule has 0 unspecified atom stereocenters. The first-order chi connectivity index (χ1) is 8.94. The fourth-order valence-corrected chi connectivity index (χ4v) is 2.14. The highest BCUT2D eigenvalue weighted by Gasteiger charge is 2.02. The lowest BCUT2D eigenvalue weighted by Crippen LogP contribution is -2.21. The minimum atomic E-state index is -3.27. The lowest BCUT2D eigenvalue weighted by atomic mass is 10.2. The topological polar surface area (TPSA) is 81.1 Å². The van der Waals surface area contributed by atoms with Gasteiger partial charge >= 0.3 is 0 Å². The van der Waals surface area contributed by atoms with Crippen molar-refractivity contribution >= 4 is 15.7 Å². The molecule has 1 N–H and O–H groups in total. The molecule has 0 radical (unpaired) electrons. The smallest absolute Gasteiger partial charge is 0.267 e. The van der Waals surface area contributed by atoms with Gasteiger partial charge in [-0.3, -0.25) is 9.52 Å². The molecule has 19 heavy (non-hydrogen) atoms. The summed E-state index contributed by atoms with van der Waals surface area (Å²) in [5, 5.41) is 3.95. The molecule has 0 aliphatic rings. The molecule has 0 saturated carbocycles. The van der Waals surface area contributed by atoms with Gasteiger partial charge in [0.2, 0.25) is 10.0 Å². The molecule has 1 heterocycles. The molecule has 0 atom stereocenters. The third-order valence-electron chi connectivity index (χ3n) is 2.37. The van der Waals surface area contributed by atoms with Crippen LogP contribution < -0.4 is 10.3 Å². The number of nitrogens with one attached hydrogen (secondary N) is 1. The zero-order valence-electron chi connectivity index (χ0n) is 10.3. The van der Waals surface area contributed by atoms with Crippen molar-refractivity contribution in [1.82, 2.24) is 9.78 Å². The molecule has 0 aliphatic carbocycles. The van der Waals surface area contributed by atoms with Gasteiger partial charge < -0.3 is 0 Å². The van der Waals surface area contributed by atoms with E-state index >= 15 is 0 Å². The van der Waals surface area contributed by atoms with Gasteiger partial charge in [0.25, 0.3) is 5.56 Å². The summed E-state index contributed by atoms with van der Waals surface area (Å²) in [5.74, 6) is 0. The summed E-state index contributed by atoms with van der Waals surface area (Å²) in [6, 6.07) is 9.79. The van der Waals surface area contributed by atoms with Gasteiger partial charge in [-0.25, -0.2) is 13.1 Å². The SMILES string of the molecule is CS(=O)(=O)Nc1ccc(Cn2ncccc2=O)cc1. The van der Waals surface area contributed by atoms with Crippen LogP contribution in [0.5, 0.6) is 0 Å². The van der Waals surface area contributed by atoms with Crippen molar-refractivity contribution in [1.29, 1.82) is 0 Å². The van der Waals surface area contributed by atoms with Gasteiger partial charge in [-0.15, -0.1) is 0 Å². The van der Waals surface area contributed by atoms with Gasteiger partial charge in [0, 0.05) is 18.0 Å².